The molecular formula is C14H16N4O2. The van der Waals surface area contributed by atoms with E-state index in [1.54, 1.807) is 12.4 Å². The maximum atomic E-state index is 11.8. The number of carbonyl (C=O) groups is 1. The Morgan fingerprint density at radius 3 is 2.70 bits per heavy atom. The van der Waals surface area contributed by atoms with Gasteiger partial charge in [0.25, 0.3) is 11.5 Å². The van der Waals surface area contributed by atoms with Crippen molar-refractivity contribution in [1.82, 2.24) is 20.1 Å². The maximum Gasteiger partial charge on any atom is 0.271 e. The highest BCUT2D eigenvalue weighted by Gasteiger charge is 2.07. The quantitative estimate of drug-likeness (QED) is 0.806. The van der Waals surface area contributed by atoms with Crippen molar-refractivity contribution in [3.05, 3.63) is 58.3 Å². The lowest BCUT2D eigenvalue weighted by Gasteiger charge is -2.05. The molecule has 0 saturated heterocycles. The molecule has 0 bridgehead atoms. The molecule has 20 heavy (non-hydrogen) atoms. The predicted octanol–water partition coefficient (Wildman–Crippen LogP) is 0.538. The van der Waals surface area contributed by atoms with Crippen molar-refractivity contribution in [3.8, 4) is 0 Å². The molecule has 104 valence electrons. The molecule has 6 heteroatoms. The normalized spacial score (nSPS) is 10.2. The third kappa shape index (κ3) is 3.74. The van der Waals surface area contributed by atoms with Crippen molar-refractivity contribution in [2.24, 2.45) is 7.05 Å². The van der Waals surface area contributed by atoms with Gasteiger partial charge in [0.2, 0.25) is 0 Å². The van der Waals surface area contributed by atoms with E-state index in [0.29, 0.717) is 6.54 Å². The summed E-state index contributed by atoms with van der Waals surface area (Å²) in [6, 6.07) is 6.67. The molecule has 0 aliphatic rings. The fourth-order valence-electron chi connectivity index (χ4n) is 1.76. The summed E-state index contributed by atoms with van der Waals surface area (Å²) >= 11 is 0. The number of hydrogen-bond donors (Lipinski definition) is 1. The molecule has 0 spiro atoms. The van der Waals surface area contributed by atoms with Gasteiger partial charge in [0, 0.05) is 32.1 Å². The van der Waals surface area contributed by atoms with E-state index in [0.717, 1.165) is 17.5 Å². The van der Waals surface area contributed by atoms with Crippen LogP contribution in [0.25, 0.3) is 0 Å². The van der Waals surface area contributed by atoms with Crippen molar-refractivity contribution < 1.29 is 4.79 Å². The molecule has 6 nitrogen and oxygen atoms in total. The summed E-state index contributed by atoms with van der Waals surface area (Å²) in [5.41, 5.74) is 1.20. The molecule has 0 fully saturated rings. The fourth-order valence-corrected chi connectivity index (χ4v) is 1.76. The number of aryl methyl sites for hydroxylation is 2. The minimum absolute atomic E-state index is 0.237. The van der Waals surface area contributed by atoms with E-state index in [-0.39, 0.29) is 17.2 Å². The number of aromatic nitrogens is 3. The van der Waals surface area contributed by atoms with Crippen molar-refractivity contribution in [1.29, 1.82) is 0 Å². The third-order valence-electron chi connectivity index (χ3n) is 2.87. The van der Waals surface area contributed by atoms with E-state index in [1.807, 2.05) is 12.1 Å². The smallest absolute Gasteiger partial charge is 0.271 e. The Labute approximate surface area is 116 Å². The number of pyridine rings is 1. The van der Waals surface area contributed by atoms with Gasteiger partial charge >= 0.3 is 0 Å². The summed E-state index contributed by atoms with van der Waals surface area (Å²) in [6.07, 6.45) is 5.22. The van der Waals surface area contributed by atoms with E-state index >= 15 is 0 Å². The molecule has 1 N–H and O–H groups in total. The van der Waals surface area contributed by atoms with Crippen LogP contribution in [0.4, 0.5) is 0 Å². The second kappa shape index (κ2) is 6.60. The molecule has 2 aromatic rings. The molecule has 0 unspecified atom stereocenters. The van der Waals surface area contributed by atoms with Gasteiger partial charge in [-0.3, -0.25) is 14.6 Å². The van der Waals surface area contributed by atoms with E-state index in [9.17, 15) is 9.59 Å². The van der Waals surface area contributed by atoms with Gasteiger partial charge in [0.05, 0.1) is 0 Å². The van der Waals surface area contributed by atoms with Gasteiger partial charge in [-0.2, -0.15) is 5.10 Å². The summed E-state index contributed by atoms with van der Waals surface area (Å²) in [7, 11) is 1.52. The zero-order valence-electron chi connectivity index (χ0n) is 11.2. The second-order valence-corrected chi connectivity index (χ2v) is 4.40. The van der Waals surface area contributed by atoms with Crippen LogP contribution in [0.2, 0.25) is 0 Å². The van der Waals surface area contributed by atoms with Crippen LogP contribution in [-0.2, 0) is 13.5 Å². The number of nitrogens with zero attached hydrogens (tertiary/aromatic N) is 3. The van der Waals surface area contributed by atoms with Crippen LogP contribution < -0.4 is 10.9 Å². The molecule has 1 amide bonds. The van der Waals surface area contributed by atoms with Crippen LogP contribution in [0.5, 0.6) is 0 Å². The summed E-state index contributed by atoms with van der Waals surface area (Å²) in [5.74, 6) is -0.268. The molecule has 2 heterocycles. The monoisotopic (exact) mass is 272 g/mol. The average Bonchev–Trinajstić information content (AvgIpc) is 2.47. The number of hydrogen-bond acceptors (Lipinski definition) is 4. The van der Waals surface area contributed by atoms with E-state index in [1.165, 1.54) is 24.7 Å². The molecule has 0 aromatic carbocycles. The van der Waals surface area contributed by atoms with Gasteiger partial charge in [-0.05, 0) is 36.6 Å². The second-order valence-electron chi connectivity index (χ2n) is 4.40. The Balaban J connectivity index is 1.80. The Morgan fingerprint density at radius 2 is 2.00 bits per heavy atom. The van der Waals surface area contributed by atoms with E-state index in [4.69, 9.17) is 0 Å². The predicted molar refractivity (Wildman–Crippen MR) is 74.4 cm³/mol. The van der Waals surface area contributed by atoms with Crippen molar-refractivity contribution >= 4 is 5.91 Å². The summed E-state index contributed by atoms with van der Waals surface area (Å²) in [4.78, 5) is 26.9. The first kappa shape index (κ1) is 13.9. The minimum Gasteiger partial charge on any atom is -0.351 e. The zero-order chi connectivity index (χ0) is 14.4. The molecule has 0 radical (unpaired) electrons. The van der Waals surface area contributed by atoms with Crippen LogP contribution in [0.1, 0.15) is 22.5 Å². The lowest BCUT2D eigenvalue weighted by Crippen LogP contribution is -2.29. The Bertz CT molecular complexity index is 637. The Kier molecular flexibility index (Phi) is 4.60. The Hall–Kier alpha value is -2.50. The molecule has 0 atom stereocenters. The largest absolute Gasteiger partial charge is 0.351 e. The lowest BCUT2D eigenvalue weighted by atomic mass is 10.1. The average molecular weight is 272 g/mol. The van der Waals surface area contributed by atoms with Crippen LogP contribution >= 0.6 is 0 Å². The maximum absolute atomic E-state index is 11.8. The molecule has 0 saturated carbocycles. The molecule has 2 rings (SSSR count). The Morgan fingerprint density at radius 1 is 1.25 bits per heavy atom. The van der Waals surface area contributed by atoms with Crippen molar-refractivity contribution in [2.75, 3.05) is 6.54 Å². The van der Waals surface area contributed by atoms with Gasteiger partial charge in [-0.25, -0.2) is 4.68 Å². The highest BCUT2D eigenvalue weighted by Crippen LogP contribution is 2.00. The fraction of sp³-hybridized carbons (Fsp3) is 0.286. The summed E-state index contributed by atoms with van der Waals surface area (Å²) in [5, 5.41) is 6.68. The number of nitrogens with one attached hydrogen (secondary N) is 1. The van der Waals surface area contributed by atoms with Gasteiger partial charge in [0.15, 0.2) is 0 Å². The van der Waals surface area contributed by atoms with Crippen molar-refractivity contribution in [2.45, 2.75) is 12.8 Å². The number of carbonyl (C=O) groups excluding carboxylic acids is 1. The van der Waals surface area contributed by atoms with Crippen LogP contribution in [0.3, 0.4) is 0 Å². The summed E-state index contributed by atoms with van der Waals surface area (Å²) < 4.78 is 1.14. The SMILES string of the molecule is Cn1nc(C(=O)NCCCc2ccncc2)ccc1=O. The number of rotatable bonds is 5. The van der Waals surface area contributed by atoms with Crippen molar-refractivity contribution in [3.63, 3.8) is 0 Å². The van der Waals surface area contributed by atoms with Gasteiger partial charge in [-0.1, -0.05) is 0 Å². The van der Waals surface area contributed by atoms with Crippen LogP contribution in [-0.4, -0.2) is 27.2 Å². The zero-order valence-corrected chi connectivity index (χ0v) is 11.2. The van der Waals surface area contributed by atoms with E-state index in [2.05, 4.69) is 15.4 Å². The van der Waals surface area contributed by atoms with Crippen LogP contribution in [0, 0.1) is 0 Å². The summed E-state index contributed by atoms with van der Waals surface area (Å²) in [6.45, 7) is 0.561. The van der Waals surface area contributed by atoms with Gasteiger partial charge in [-0.15, -0.1) is 0 Å². The standard InChI is InChI=1S/C14H16N4O2/c1-18-13(19)5-4-12(17-18)14(20)16-8-2-3-11-6-9-15-10-7-11/h4-7,9-10H,2-3,8H2,1H3,(H,16,20). The topological polar surface area (TPSA) is 76.9 Å². The lowest BCUT2D eigenvalue weighted by molar-refractivity contribution is 0.0946. The molecule has 0 aliphatic heterocycles. The molecular weight excluding hydrogens is 256 g/mol. The first-order valence-corrected chi connectivity index (χ1v) is 6.38. The minimum atomic E-state index is -0.268. The first-order chi connectivity index (χ1) is 9.66. The highest BCUT2D eigenvalue weighted by atomic mass is 16.2. The first-order valence-electron chi connectivity index (χ1n) is 6.38. The third-order valence-corrected chi connectivity index (χ3v) is 2.87. The molecule has 0 aliphatic carbocycles. The van der Waals surface area contributed by atoms with Crippen LogP contribution in [0.15, 0.2) is 41.5 Å². The van der Waals surface area contributed by atoms with Gasteiger partial charge in [0.1, 0.15) is 5.69 Å². The highest BCUT2D eigenvalue weighted by molar-refractivity contribution is 5.91. The van der Waals surface area contributed by atoms with E-state index < -0.39 is 0 Å². The van der Waals surface area contributed by atoms with Gasteiger partial charge < -0.3 is 5.32 Å². The molecule has 2 aromatic heterocycles. The number of amides is 1.